The Labute approximate surface area is 149 Å². The fraction of sp³-hybridized carbons (Fsp3) is 0.714. The Morgan fingerprint density at radius 1 is 1.36 bits per heavy atom. The Balaban J connectivity index is 1.61. The van der Waals surface area contributed by atoms with Gasteiger partial charge in [-0.1, -0.05) is 13.3 Å². The van der Waals surface area contributed by atoms with E-state index in [1.165, 1.54) is 31.3 Å². The van der Waals surface area contributed by atoms with E-state index in [9.17, 15) is 4.79 Å². The molecule has 0 spiro atoms. The van der Waals surface area contributed by atoms with Crippen molar-refractivity contribution in [2.24, 2.45) is 33.6 Å². The molecule has 2 fully saturated rings. The summed E-state index contributed by atoms with van der Waals surface area (Å²) < 4.78 is 11.1. The third kappa shape index (κ3) is 1.83. The molecule has 5 rings (SSSR count). The van der Waals surface area contributed by atoms with Crippen molar-refractivity contribution >= 4 is 12.2 Å². The van der Waals surface area contributed by atoms with Crippen molar-refractivity contribution in [1.29, 1.82) is 0 Å². The van der Waals surface area contributed by atoms with Gasteiger partial charge in [0.2, 0.25) is 0 Å². The first-order valence-electron chi connectivity index (χ1n) is 9.78. The zero-order valence-corrected chi connectivity index (χ0v) is 15.2. The van der Waals surface area contributed by atoms with Crippen LogP contribution >= 0.6 is 0 Å². The van der Waals surface area contributed by atoms with Crippen LogP contribution in [-0.2, 0) is 16.0 Å². The van der Waals surface area contributed by atoms with Gasteiger partial charge in [0.1, 0.15) is 11.2 Å². The number of ether oxygens (including phenoxy) is 1. The molecule has 4 heteroatoms. The molecule has 0 aromatic carbocycles. The standard InChI is InChI=1S/C21H27NO3/c1-13-14-4-5-18-20(16(14)10-17-15(13)6-9-25-17)7-3-8-21(18,12-22-11-20)19(23)24-2/h6,9,12-14,16,18H,3-5,7-8,10-11H2,1-2H3/t13-,14+,16+,18-,20-,21-/m1/s1. The van der Waals surface area contributed by atoms with E-state index >= 15 is 0 Å². The summed E-state index contributed by atoms with van der Waals surface area (Å²) >= 11 is 0. The van der Waals surface area contributed by atoms with E-state index in [2.05, 4.69) is 13.0 Å². The van der Waals surface area contributed by atoms with E-state index in [1.54, 1.807) is 0 Å². The SMILES string of the molecule is COC(=O)[C@@]12C=NC[C@@]3(CCC1)[C@H]2CC[C@H]1[C@@H](C)c2ccoc2C[C@@H]13. The third-order valence-electron chi connectivity index (χ3n) is 8.18. The van der Waals surface area contributed by atoms with Crippen LogP contribution in [0.3, 0.4) is 0 Å². The summed E-state index contributed by atoms with van der Waals surface area (Å²) in [6.07, 6.45) is 10.3. The van der Waals surface area contributed by atoms with Crippen LogP contribution in [0.1, 0.15) is 56.3 Å². The summed E-state index contributed by atoms with van der Waals surface area (Å²) in [7, 11) is 1.53. The number of nitrogens with zero attached hydrogens (tertiary/aromatic N) is 1. The van der Waals surface area contributed by atoms with Gasteiger partial charge < -0.3 is 9.15 Å². The molecular weight excluding hydrogens is 314 g/mol. The summed E-state index contributed by atoms with van der Waals surface area (Å²) in [5.41, 5.74) is 1.07. The Hall–Kier alpha value is -1.58. The van der Waals surface area contributed by atoms with Crippen molar-refractivity contribution in [2.45, 2.75) is 51.4 Å². The zero-order chi connectivity index (χ0) is 17.2. The normalized spacial score (nSPS) is 44.4. The van der Waals surface area contributed by atoms with Gasteiger partial charge in [-0.25, -0.2) is 0 Å². The maximum Gasteiger partial charge on any atom is 0.317 e. The van der Waals surface area contributed by atoms with Crippen LogP contribution in [0, 0.1) is 28.6 Å². The number of carbonyl (C=O) groups is 1. The predicted octanol–water partition coefficient (Wildman–Crippen LogP) is 4.00. The molecule has 0 unspecified atom stereocenters. The van der Waals surface area contributed by atoms with Crippen molar-refractivity contribution in [2.75, 3.05) is 13.7 Å². The summed E-state index contributed by atoms with van der Waals surface area (Å²) in [4.78, 5) is 17.6. The van der Waals surface area contributed by atoms with E-state index in [0.29, 0.717) is 23.7 Å². The summed E-state index contributed by atoms with van der Waals surface area (Å²) in [5.74, 6) is 3.29. The molecule has 2 bridgehead atoms. The molecule has 6 atom stereocenters. The highest BCUT2D eigenvalue weighted by atomic mass is 16.5. The topological polar surface area (TPSA) is 51.8 Å². The largest absolute Gasteiger partial charge is 0.469 e. The predicted molar refractivity (Wildman–Crippen MR) is 94.6 cm³/mol. The van der Waals surface area contributed by atoms with Gasteiger partial charge in [-0.15, -0.1) is 0 Å². The van der Waals surface area contributed by atoms with Crippen molar-refractivity contribution < 1.29 is 13.9 Å². The average Bonchev–Trinajstić information content (AvgIpc) is 3.09. The van der Waals surface area contributed by atoms with Crippen LogP contribution in [0.25, 0.3) is 0 Å². The lowest BCUT2D eigenvalue weighted by atomic mass is 9.42. The molecule has 0 radical (unpaired) electrons. The van der Waals surface area contributed by atoms with Crippen molar-refractivity contribution in [1.82, 2.24) is 0 Å². The van der Waals surface area contributed by atoms with Crippen LogP contribution in [0.5, 0.6) is 0 Å². The quantitative estimate of drug-likeness (QED) is 0.726. The van der Waals surface area contributed by atoms with Crippen LogP contribution in [0.2, 0.25) is 0 Å². The number of fused-ring (bicyclic) bond motifs is 2. The molecule has 0 saturated heterocycles. The van der Waals surface area contributed by atoms with E-state index in [0.717, 1.165) is 32.2 Å². The Morgan fingerprint density at radius 3 is 3.08 bits per heavy atom. The van der Waals surface area contributed by atoms with Crippen LogP contribution in [0.15, 0.2) is 21.7 Å². The minimum Gasteiger partial charge on any atom is -0.469 e. The number of esters is 1. The molecule has 0 N–H and O–H groups in total. The zero-order valence-electron chi connectivity index (χ0n) is 15.2. The molecule has 2 heterocycles. The lowest BCUT2D eigenvalue weighted by molar-refractivity contribution is -0.168. The highest BCUT2D eigenvalue weighted by Crippen LogP contribution is 2.66. The average molecular weight is 341 g/mol. The van der Waals surface area contributed by atoms with Crippen LogP contribution in [-0.4, -0.2) is 25.8 Å². The number of rotatable bonds is 1. The van der Waals surface area contributed by atoms with Gasteiger partial charge in [-0.05, 0) is 66.4 Å². The lowest BCUT2D eigenvalue weighted by Crippen LogP contribution is -2.62. The number of hydrogen-bond acceptors (Lipinski definition) is 4. The minimum absolute atomic E-state index is 0.0639. The summed E-state index contributed by atoms with van der Waals surface area (Å²) in [6.45, 7) is 3.24. The monoisotopic (exact) mass is 341 g/mol. The molecule has 4 aliphatic rings. The van der Waals surface area contributed by atoms with E-state index in [4.69, 9.17) is 14.1 Å². The molecule has 1 aromatic rings. The number of aliphatic imine (C=N–C) groups is 1. The van der Waals surface area contributed by atoms with Gasteiger partial charge >= 0.3 is 5.97 Å². The first kappa shape index (κ1) is 15.7. The van der Waals surface area contributed by atoms with Crippen LogP contribution < -0.4 is 0 Å². The lowest BCUT2D eigenvalue weighted by Gasteiger charge is -2.63. The second-order valence-electron chi connectivity index (χ2n) is 8.78. The van der Waals surface area contributed by atoms with Gasteiger partial charge in [-0.2, -0.15) is 0 Å². The molecular formula is C21H27NO3. The number of furan rings is 1. The Bertz CT molecular complexity index is 737. The fourth-order valence-electron chi connectivity index (χ4n) is 7.18. The van der Waals surface area contributed by atoms with E-state index in [-0.39, 0.29) is 11.4 Å². The number of carbonyl (C=O) groups excluding carboxylic acids is 1. The first-order chi connectivity index (χ1) is 12.1. The van der Waals surface area contributed by atoms with Crippen molar-refractivity contribution in [3.8, 4) is 0 Å². The second kappa shape index (κ2) is 5.21. The van der Waals surface area contributed by atoms with Gasteiger partial charge in [-0.3, -0.25) is 9.79 Å². The molecule has 2 saturated carbocycles. The van der Waals surface area contributed by atoms with E-state index in [1.807, 2.05) is 12.5 Å². The fourth-order valence-corrected chi connectivity index (χ4v) is 7.18. The Morgan fingerprint density at radius 2 is 2.24 bits per heavy atom. The van der Waals surface area contributed by atoms with Crippen molar-refractivity contribution in [3.05, 3.63) is 23.7 Å². The molecule has 25 heavy (non-hydrogen) atoms. The minimum atomic E-state index is -0.483. The molecule has 0 amide bonds. The summed E-state index contributed by atoms with van der Waals surface area (Å²) in [5, 5.41) is 0. The molecule has 3 aliphatic carbocycles. The van der Waals surface area contributed by atoms with E-state index < -0.39 is 5.41 Å². The molecule has 1 aromatic heterocycles. The van der Waals surface area contributed by atoms with Crippen molar-refractivity contribution in [3.63, 3.8) is 0 Å². The van der Waals surface area contributed by atoms with Crippen LogP contribution in [0.4, 0.5) is 0 Å². The smallest absolute Gasteiger partial charge is 0.317 e. The van der Waals surface area contributed by atoms with Gasteiger partial charge in [0.05, 0.1) is 13.4 Å². The first-order valence-corrected chi connectivity index (χ1v) is 9.78. The van der Waals surface area contributed by atoms with Gasteiger partial charge in [0, 0.05) is 19.2 Å². The summed E-state index contributed by atoms with van der Waals surface area (Å²) in [6, 6.07) is 2.17. The highest BCUT2D eigenvalue weighted by molar-refractivity contribution is 5.96. The number of methoxy groups -OCH3 is 1. The third-order valence-corrected chi connectivity index (χ3v) is 8.18. The Kier molecular flexibility index (Phi) is 3.27. The second-order valence-corrected chi connectivity index (χ2v) is 8.78. The number of hydrogen-bond donors (Lipinski definition) is 0. The highest BCUT2D eigenvalue weighted by Gasteiger charge is 2.65. The van der Waals surface area contributed by atoms with Gasteiger partial charge in [0.25, 0.3) is 0 Å². The van der Waals surface area contributed by atoms with Gasteiger partial charge in [0.15, 0.2) is 0 Å². The molecule has 1 aliphatic heterocycles. The molecule has 4 nitrogen and oxygen atoms in total. The molecule has 134 valence electrons. The maximum atomic E-state index is 12.8. The maximum absolute atomic E-state index is 12.8.